The average molecular weight is 243 g/mol. The number of nitrogens with zero attached hydrogens (tertiary/aromatic N) is 4. The van der Waals surface area contributed by atoms with E-state index < -0.39 is 0 Å². The van der Waals surface area contributed by atoms with E-state index in [1.165, 1.54) is 0 Å². The van der Waals surface area contributed by atoms with E-state index in [2.05, 4.69) is 39.3 Å². The van der Waals surface area contributed by atoms with E-state index in [0.29, 0.717) is 5.92 Å². The molecule has 1 N–H and O–H groups in total. The molecule has 5 heteroatoms. The first-order valence-electron chi connectivity index (χ1n) is 6.01. The van der Waals surface area contributed by atoms with Gasteiger partial charge in [-0.3, -0.25) is 0 Å². The Labute approximate surface area is 107 Å². The highest BCUT2D eigenvalue weighted by molar-refractivity contribution is 5.61. The second kappa shape index (κ2) is 5.53. The van der Waals surface area contributed by atoms with Gasteiger partial charge in [-0.2, -0.15) is 10.2 Å². The Bertz CT molecular complexity index is 524. The normalized spacial score (nSPS) is 10.7. The molecular weight excluding hydrogens is 226 g/mol. The van der Waals surface area contributed by atoms with Crippen LogP contribution in [0.3, 0.4) is 0 Å². The minimum Gasteiger partial charge on any atom is -0.370 e. The van der Waals surface area contributed by atoms with Crippen LogP contribution in [0.2, 0.25) is 0 Å². The summed E-state index contributed by atoms with van der Waals surface area (Å²) < 4.78 is 0. The van der Waals surface area contributed by atoms with Gasteiger partial charge in [0, 0.05) is 18.2 Å². The first-order valence-corrected chi connectivity index (χ1v) is 6.01. The molecule has 0 saturated heterocycles. The second-order valence-electron chi connectivity index (χ2n) is 4.65. The van der Waals surface area contributed by atoms with E-state index in [1.54, 1.807) is 12.5 Å². The Morgan fingerprint density at radius 3 is 2.78 bits per heavy atom. The number of hydrogen-bond acceptors (Lipinski definition) is 5. The van der Waals surface area contributed by atoms with Gasteiger partial charge < -0.3 is 5.32 Å². The standard InChI is InChI=1S/C13H17N5/c1-9(2)6-14-13-5-12(15-8-16-13)11-4-10(3)18-17-7-11/h4-5,7-9H,6H2,1-3H3,(H,14,15,16). The molecule has 2 rings (SSSR count). The molecule has 0 bridgehead atoms. The lowest BCUT2D eigenvalue weighted by Crippen LogP contribution is -2.09. The van der Waals surface area contributed by atoms with Crippen molar-refractivity contribution in [3.63, 3.8) is 0 Å². The van der Waals surface area contributed by atoms with Gasteiger partial charge in [-0.25, -0.2) is 9.97 Å². The molecule has 0 amide bonds. The highest BCUT2D eigenvalue weighted by atomic mass is 15.1. The summed E-state index contributed by atoms with van der Waals surface area (Å²) in [4.78, 5) is 8.46. The quantitative estimate of drug-likeness (QED) is 0.892. The summed E-state index contributed by atoms with van der Waals surface area (Å²) in [7, 11) is 0. The lowest BCUT2D eigenvalue weighted by molar-refractivity contribution is 0.687. The minimum absolute atomic E-state index is 0.577. The predicted molar refractivity (Wildman–Crippen MR) is 71.1 cm³/mol. The zero-order valence-electron chi connectivity index (χ0n) is 10.9. The van der Waals surface area contributed by atoms with Gasteiger partial charge in [-0.15, -0.1) is 0 Å². The summed E-state index contributed by atoms with van der Waals surface area (Å²) in [5, 5.41) is 11.2. The van der Waals surface area contributed by atoms with E-state index in [1.807, 2.05) is 19.1 Å². The number of nitrogens with one attached hydrogen (secondary N) is 1. The number of anilines is 1. The highest BCUT2D eigenvalue weighted by Gasteiger charge is 2.03. The van der Waals surface area contributed by atoms with Crippen LogP contribution in [0.15, 0.2) is 24.7 Å². The molecule has 18 heavy (non-hydrogen) atoms. The second-order valence-corrected chi connectivity index (χ2v) is 4.65. The third kappa shape index (κ3) is 3.23. The smallest absolute Gasteiger partial charge is 0.129 e. The average Bonchev–Trinajstić information content (AvgIpc) is 2.37. The van der Waals surface area contributed by atoms with Gasteiger partial charge in [0.1, 0.15) is 12.1 Å². The van der Waals surface area contributed by atoms with Crippen molar-refractivity contribution in [2.45, 2.75) is 20.8 Å². The maximum Gasteiger partial charge on any atom is 0.129 e. The lowest BCUT2D eigenvalue weighted by Gasteiger charge is -2.08. The molecular formula is C13H17N5. The molecule has 0 aliphatic rings. The first-order chi connectivity index (χ1) is 8.65. The van der Waals surface area contributed by atoms with Gasteiger partial charge >= 0.3 is 0 Å². The van der Waals surface area contributed by atoms with Crippen LogP contribution in [0.1, 0.15) is 19.5 Å². The summed E-state index contributed by atoms with van der Waals surface area (Å²) in [6.45, 7) is 7.12. The molecule has 2 heterocycles. The van der Waals surface area contributed by atoms with Crippen molar-refractivity contribution in [2.24, 2.45) is 5.92 Å². The van der Waals surface area contributed by atoms with Crippen molar-refractivity contribution in [1.29, 1.82) is 0 Å². The topological polar surface area (TPSA) is 63.6 Å². The summed E-state index contributed by atoms with van der Waals surface area (Å²) in [5.74, 6) is 1.41. The van der Waals surface area contributed by atoms with Gasteiger partial charge in [-0.1, -0.05) is 13.8 Å². The SMILES string of the molecule is Cc1cc(-c2cc(NCC(C)C)ncn2)cnn1. The Morgan fingerprint density at radius 2 is 2.06 bits per heavy atom. The highest BCUT2D eigenvalue weighted by Crippen LogP contribution is 2.17. The van der Waals surface area contributed by atoms with Crippen molar-refractivity contribution in [3.05, 3.63) is 30.4 Å². The van der Waals surface area contributed by atoms with Crippen LogP contribution in [-0.2, 0) is 0 Å². The Morgan fingerprint density at radius 1 is 1.22 bits per heavy atom. The molecule has 0 spiro atoms. The Balaban J connectivity index is 2.21. The minimum atomic E-state index is 0.577. The number of aryl methyl sites for hydroxylation is 1. The molecule has 2 aromatic rings. The molecule has 5 nitrogen and oxygen atoms in total. The number of rotatable bonds is 4. The van der Waals surface area contributed by atoms with Crippen LogP contribution in [0, 0.1) is 12.8 Å². The van der Waals surface area contributed by atoms with Crippen molar-refractivity contribution in [3.8, 4) is 11.3 Å². The summed E-state index contributed by atoms with van der Waals surface area (Å²) in [6.07, 6.45) is 3.27. The van der Waals surface area contributed by atoms with Gasteiger partial charge in [0.2, 0.25) is 0 Å². The van der Waals surface area contributed by atoms with E-state index in [4.69, 9.17) is 0 Å². The molecule has 2 aromatic heterocycles. The fraction of sp³-hybridized carbons (Fsp3) is 0.385. The van der Waals surface area contributed by atoms with Gasteiger partial charge in [0.05, 0.1) is 17.6 Å². The van der Waals surface area contributed by atoms with E-state index in [-0.39, 0.29) is 0 Å². The maximum atomic E-state index is 4.26. The zero-order valence-corrected chi connectivity index (χ0v) is 10.9. The van der Waals surface area contributed by atoms with Crippen LogP contribution < -0.4 is 5.32 Å². The molecule has 0 aliphatic carbocycles. The molecule has 0 fully saturated rings. The van der Waals surface area contributed by atoms with Crippen LogP contribution in [0.25, 0.3) is 11.3 Å². The predicted octanol–water partition coefficient (Wildman–Crippen LogP) is 2.31. The number of aromatic nitrogens is 4. The van der Waals surface area contributed by atoms with Gasteiger partial charge in [0.15, 0.2) is 0 Å². The molecule has 0 aromatic carbocycles. The molecule has 0 saturated carbocycles. The third-order valence-electron chi connectivity index (χ3n) is 2.43. The summed E-state index contributed by atoms with van der Waals surface area (Å²) in [5.41, 5.74) is 2.69. The zero-order chi connectivity index (χ0) is 13.0. The van der Waals surface area contributed by atoms with Crippen LogP contribution in [-0.4, -0.2) is 26.7 Å². The Kier molecular flexibility index (Phi) is 3.82. The molecule has 94 valence electrons. The summed E-state index contributed by atoms with van der Waals surface area (Å²) in [6, 6.07) is 3.89. The first kappa shape index (κ1) is 12.4. The van der Waals surface area contributed by atoms with E-state index in [9.17, 15) is 0 Å². The van der Waals surface area contributed by atoms with Gasteiger partial charge in [-0.05, 0) is 18.9 Å². The molecule has 0 radical (unpaired) electrons. The number of hydrogen-bond donors (Lipinski definition) is 1. The van der Waals surface area contributed by atoms with Crippen LogP contribution in [0.5, 0.6) is 0 Å². The lowest BCUT2D eigenvalue weighted by atomic mass is 10.2. The van der Waals surface area contributed by atoms with Crippen LogP contribution in [0.4, 0.5) is 5.82 Å². The fourth-order valence-electron chi connectivity index (χ4n) is 1.53. The molecule has 0 atom stereocenters. The molecule has 0 aliphatic heterocycles. The Hall–Kier alpha value is -2.04. The largest absolute Gasteiger partial charge is 0.370 e. The third-order valence-corrected chi connectivity index (χ3v) is 2.43. The van der Waals surface area contributed by atoms with E-state index in [0.717, 1.165) is 29.3 Å². The monoisotopic (exact) mass is 243 g/mol. The summed E-state index contributed by atoms with van der Waals surface area (Å²) >= 11 is 0. The van der Waals surface area contributed by atoms with Crippen molar-refractivity contribution in [2.75, 3.05) is 11.9 Å². The van der Waals surface area contributed by atoms with Gasteiger partial charge in [0.25, 0.3) is 0 Å². The van der Waals surface area contributed by atoms with E-state index >= 15 is 0 Å². The fourth-order valence-corrected chi connectivity index (χ4v) is 1.53. The maximum absolute atomic E-state index is 4.26. The van der Waals surface area contributed by atoms with Crippen molar-refractivity contribution >= 4 is 5.82 Å². The van der Waals surface area contributed by atoms with Crippen molar-refractivity contribution in [1.82, 2.24) is 20.2 Å². The van der Waals surface area contributed by atoms with Crippen molar-refractivity contribution < 1.29 is 0 Å². The van der Waals surface area contributed by atoms with Crippen LogP contribution >= 0.6 is 0 Å². The molecule has 0 unspecified atom stereocenters.